The molecule has 0 aliphatic heterocycles. The Balaban J connectivity index is 1.81. The van der Waals surface area contributed by atoms with E-state index in [9.17, 15) is 4.79 Å². The van der Waals surface area contributed by atoms with Crippen LogP contribution in [0.4, 0.5) is 0 Å². The number of halogens is 1. The summed E-state index contributed by atoms with van der Waals surface area (Å²) in [5.41, 5.74) is 2.05. The topological polar surface area (TPSA) is 69.0 Å². The molecule has 0 aliphatic carbocycles. The summed E-state index contributed by atoms with van der Waals surface area (Å²) in [4.78, 5) is 12.4. The summed E-state index contributed by atoms with van der Waals surface area (Å²) in [5.74, 6) is 0.712. The minimum absolute atomic E-state index is 0.0293. The van der Waals surface area contributed by atoms with Crippen LogP contribution in [0.25, 0.3) is 11.4 Å². The molecular weight excluding hydrogens is 420 g/mol. The van der Waals surface area contributed by atoms with E-state index < -0.39 is 0 Å². The van der Waals surface area contributed by atoms with Gasteiger partial charge in [-0.1, -0.05) is 53.7 Å². The van der Waals surface area contributed by atoms with E-state index in [4.69, 9.17) is 16.3 Å². The third-order valence-electron chi connectivity index (χ3n) is 4.48. The molecule has 0 fully saturated rings. The molecule has 0 saturated carbocycles. The molecule has 0 aliphatic rings. The number of nitrogens with zero attached hydrogens (tertiary/aromatic N) is 3. The molecule has 1 N–H and O–H groups in total. The zero-order valence-electron chi connectivity index (χ0n) is 17.0. The highest BCUT2D eigenvalue weighted by molar-refractivity contribution is 8.00. The Morgan fingerprint density at radius 3 is 2.60 bits per heavy atom. The van der Waals surface area contributed by atoms with Crippen molar-refractivity contribution < 1.29 is 9.53 Å². The maximum Gasteiger partial charge on any atom is 0.233 e. The fourth-order valence-electron chi connectivity index (χ4n) is 2.88. The van der Waals surface area contributed by atoms with Gasteiger partial charge < -0.3 is 10.1 Å². The van der Waals surface area contributed by atoms with Gasteiger partial charge in [-0.2, -0.15) is 0 Å². The molecule has 1 unspecified atom stereocenters. The third kappa shape index (κ3) is 6.08. The van der Waals surface area contributed by atoms with Crippen molar-refractivity contribution >= 4 is 29.3 Å². The number of aromatic nitrogens is 3. The third-order valence-corrected chi connectivity index (χ3v) is 5.81. The highest BCUT2D eigenvalue weighted by Crippen LogP contribution is 2.28. The van der Waals surface area contributed by atoms with Crippen LogP contribution in [0, 0.1) is 0 Å². The van der Waals surface area contributed by atoms with Crippen LogP contribution in [0.1, 0.15) is 18.9 Å². The van der Waals surface area contributed by atoms with Crippen LogP contribution in [0.15, 0.2) is 59.8 Å². The Bertz CT molecular complexity index is 948. The summed E-state index contributed by atoms with van der Waals surface area (Å²) in [7, 11) is 1.65. The first-order chi connectivity index (χ1) is 14.6. The van der Waals surface area contributed by atoms with Crippen molar-refractivity contribution in [3.8, 4) is 11.4 Å². The van der Waals surface area contributed by atoms with E-state index >= 15 is 0 Å². The second-order valence-electron chi connectivity index (χ2n) is 6.78. The highest BCUT2D eigenvalue weighted by Gasteiger charge is 2.21. The van der Waals surface area contributed by atoms with Gasteiger partial charge in [-0.05, 0) is 43.2 Å². The molecule has 6 nitrogen and oxygen atoms in total. The van der Waals surface area contributed by atoms with Gasteiger partial charge in [0.15, 0.2) is 11.0 Å². The molecule has 0 saturated heterocycles. The largest absolute Gasteiger partial charge is 0.385 e. The Morgan fingerprint density at radius 2 is 1.90 bits per heavy atom. The number of carbonyl (C=O) groups excluding carboxylic acids is 1. The number of carbonyl (C=O) groups is 1. The molecule has 0 radical (unpaired) electrons. The fraction of sp³-hybridized carbons (Fsp3) is 0.318. The zero-order chi connectivity index (χ0) is 21.3. The number of nitrogens with one attached hydrogen (secondary N) is 1. The quantitative estimate of drug-likeness (QED) is 0.373. The molecular formula is C22H25ClN4O2S. The number of thioether (sulfide) groups is 1. The van der Waals surface area contributed by atoms with Crippen molar-refractivity contribution in [3.63, 3.8) is 0 Å². The monoisotopic (exact) mass is 444 g/mol. The van der Waals surface area contributed by atoms with Crippen LogP contribution in [0.2, 0.25) is 5.02 Å². The van der Waals surface area contributed by atoms with Crippen molar-refractivity contribution in [2.45, 2.75) is 30.3 Å². The Hall–Kier alpha value is -2.35. The van der Waals surface area contributed by atoms with Gasteiger partial charge in [-0.25, -0.2) is 0 Å². The first-order valence-corrected chi connectivity index (χ1v) is 11.0. The summed E-state index contributed by atoms with van der Waals surface area (Å²) < 4.78 is 7.06. The van der Waals surface area contributed by atoms with Gasteiger partial charge in [0.2, 0.25) is 5.91 Å². The minimum Gasteiger partial charge on any atom is -0.385 e. The molecule has 30 heavy (non-hydrogen) atoms. The Labute approximate surface area is 186 Å². The SMILES string of the molecule is COCCCNC(=O)C(C)Sc1nnc(-c2ccc(Cl)cc2)n1Cc1ccccc1. The Kier molecular flexibility index (Phi) is 8.30. The van der Waals surface area contributed by atoms with Crippen LogP contribution in [-0.2, 0) is 16.1 Å². The lowest BCUT2D eigenvalue weighted by Gasteiger charge is -2.14. The molecule has 0 bridgehead atoms. The van der Waals surface area contributed by atoms with E-state index in [0.717, 1.165) is 23.4 Å². The molecule has 1 amide bonds. The van der Waals surface area contributed by atoms with E-state index in [1.54, 1.807) is 7.11 Å². The summed E-state index contributed by atoms with van der Waals surface area (Å²) in [5, 5.41) is 12.8. The van der Waals surface area contributed by atoms with E-state index in [0.29, 0.717) is 29.9 Å². The van der Waals surface area contributed by atoms with Gasteiger partial charge in [0.1, 0.15) is 0 Å². The van der Waals surface area contributed by atoms with Crippen molar-refractivity contribution in [1.82, 2.24) is 20.1 Å². The number of methoxy groups -OCH3 is 1. The standard InChI is InChI=1S/C22H25ClN4O2S/c1-16(21(28)24-13-6-14-29-2)30-22-26-25-20(18-9-11-19(23)12-10-18)27(22)15-17-7-4-3-5-8-17/h3-5,7-12,16H,6,13-15H2,1-2H3,(H,24,28). The number of rotatable bonds is 10. The zero-order valence-corrected chi connectivity index (χ0v) is 18.6. The van der Waals surface area contributed by atoms with Crippen molar-refractivity contribution in [2.24, 2.45) is 0 Å². The van der Waals surface area contributed by atoms with E-state index in [1.165, 1.54) is 11.8 Å². The number of hydrogen-bond acceptors (Lipinski definition) is 5. The van der Waals surface area contributed by atoms with E-state index in [1.807, 2.05) is 54.0 Å². The van der Waals surface area contributed by atoms with Gasteiger partial charge in [0.25, 0.3) is 0 Å². The molecule has 8 heteroatoms. The van der Waals surface area contributed by atoms with Crippen LogP contribution < -0.4 is 5.32 Å². The second kappa shape index (κ2) is 11.2. The highest BCUT2D eigenvalue weighted by atomic mass is 35.5. The summed E-state index contributed by atoms with van der Waals surface area (Å²) in [6, 6.07) is 17.6. The molecule has 3 rings (SSSR count). The number of hydrogen-bond donors (Lipinski definition) is 1. The van der Waals surface area contributed by atoms with Crippen molar-refractivity contribution in [2.75, 3.05) is 20.3 Å². The van der Waals surface area contributed by atoms with Crippen molar-refractivity contribution in [3.05, 3.63) is 65.2 Å². The molecule has 1 atom stereocenters. The normalized spacial score (nSPS) is 12.0. The van der Waals surface area contributed by atoms with E-state index in [2.05, 4.69) is 27.6 Å². The second-order valence-corrected chi connectivity index (χ2v) is 8.53. The first kappa shape index (κ1) is 22.3. The van der Waals surface area contributed by atoms with E-state index in [-0.39, 0.29) is 11.2 Å². The average molecular weight is 445 g/mol. The summed E-state index contributed by atoms with van der Waals surface area (Å²) in [6.07, 6.45) is 0.782. The molecule has 158 valence electrons. The lowest BCUT2D eigenvalue weighted by atomic mass is 10.2. The Morgan fingerprint density at radius 1 is 1.17 bits per heavy atom. The molecule has 1 aromatic heterocycles. The van der Waals surface area contributed by atoms with Gasteiger partial charge in [-0.15, -0.1) is 10.2 Å². The maximum absolute atomic E-state index is 12.4. The van der Waals surface area contributed by atoms with Gasteiger partial charge in [-0.3, -0.25) is 9.36 Å². The van der Waals surface area contributed by atoms with Crippen molar-refractivity contribution in [1.29, 1.82) is 0 Å². The predicted octanol–water partition coefficient (Wildman–Crippen LogP) is 4.28. The van der Waals surface area contributed by atoms with Crippen LogP contribution in [-0.4, -0.2) is 46.2 Å². The summed E-state index contributed by atoms with van der Waals surface area (Å²) >= 11 is 7.44. The number of benzene rings is 2. The minimum atomic E-state index is -0.302. The van der Waals surface area contributed by atoms with Gasteiger partial charge in [0.05, 0.1) is 11.8 Å². The lowest BCUT2D eigenvalue weighted by Crippen LogP contribution is -2.32. The van der Waals surface area contributed by atoms with Gasteiger partial charge >= 0.3 is 0 Å². The predicted molar refractivity (Wildman–Crippen MR) is 121 cm³/mol. The fourth-order valence-corrected chi connectivity index (χ4v) is 3.88. The van der Waals surface area contributed by atoms with Crippen LogP contribution in [0.3, 0.4) is 0 Å². The van der Waals surface area contributed by atoms with Gasteiger partial charge in [0, 0.05) is 30.8 Å². The molecule has 3 aromatic rings. The molecule has 1 heterocycles. The average Bonchev–Trinajstić information content (AvgIpc) is 3.14. The molecule has 0 spiro atoms. The maximum atomic E-state index is 12.4. The number of amides is 1. The lowest BCUT2D eigenvalue weighted by molar-refractivity contribution is -0.120. The number of ether oxygens (including phenoxy) is 1. The first-order valence-electron chi connectivity index (χ1n) is 9.75. The van der Waals surface area contributed by atoms with Crippen LogP contribution >= 0.6 is 23.4 Å². The van der Waals surface area contributed by atoms with Crippen LogP contribution in [0.5, 0.6) is 0 Å². The smallest absolute Gasteiger partial charge is 0.233 e. The summed E-state index contributed by atoms with van der Waals surface area (Å²) in [6.45, 7) is 3.69. The molecule has 2 aromatic carbocycles.